The second kappa shape index (κ2) is 8.35. The summed E-state index contributed by atoms with van der Waals surface area (Å²) in [5.74, 6) is 0.968. The van der Waals surface area contributed by atoms with Gasteiger partial charge in [-0.25, -0.2) is 9.78 Å². The summed E-state index contributed by atoms with van der Waals surface area (Å²) < 4.78 is 16.6. The average Bonchev–Trinajstić information content (AvgIpc) is 3.16. The number of thiazole rings is 1. The smallest absolute Gasteiger partial charge is 0.355 e. The molecule has 0 aliphatic rings. The van der Waals surface area contributed by atoms with Crippen molar-refractivity contribution in [2.75, 3.05) is 20.3 Å². The molecule has 1 heterocycles. The first-order valence-corrected chi connectivity index (χ1v) is 8.73. The summed E-state index contributed by atoms with van der Waals surface area (Å²) in [5.41, 5.74) is 0.854. The van der Waals surface area contributed by atoms with E-state index in [9.17, 15) is 4.79 Å². The number of aromatic carboxylic acids is 1. The third-order valence-electron chi connectivity index (χ3n) is 3.48. The number of benzene rings is 2. The lowest BCUT2D eigenvalue weighted by Gasteiger charge is -2.11. The predicted octanol–water partition coefficient (Wildman–Crippen LogP) is 3.97. The lowest BCUT2D eigenvalue weighted by Crippen LogP contribution is -2.09. The minimum Gasteiger partial charge on any atom is -0.493 e. The van der Waals surface area contributed by atoms with Gasteiger partial charge in [-0.15, -0.1) is 11.3 Å². The van der Waals surface area contributed by atoms with E-state index < -0.39 is 5.97 Å². The van der Waals surface area contributed by atoms with Crippen molar-refractivity contribution >= 4 is 17.3 Å². The Morgan fingerprint density at radius 3 is 2.58 bits per heavy atom. The minimum absolute atomic E-state index is 0.0431. The fraction of sp³-hybridized carbons (Fsp3) is 0.158. The molecule has 3 rings (SSSR count). The molecule has 0 amide bonds. The predicted molar refractivity (Wildman–Crippen MR) is 98.5 cm³/mol. The summed E-state index contributed by atoms with van der Waals surface area (Å²) in [4.78, 5) is 15.0. The monoisotopic (exact) mass is 371 g/mol. The molecule has 0 unspecified atom stereocenters. The molecular weight excluding hydrogens is 354 g/mol. The maximum absolute atomic E-state index is 10.9. The Bertz CT molecular complexity index is 893. The van der Waals surface area contributed by atoms with Crippen molar-refractivity contribution in [2.24, 2.45) is 0 Å². The SMILES string of the molecule is COc1ccccc1OCCOc1cccc(-c2nc(C(=O)O)cs2)c1. The molecule has 0 saturated carbocycles. The van der Waals surface area contributed by atoms with E-state index in [1.54, 1.807) is 7.11 Å². The second-order valence-corrected chi connectivity index (χ2v) is 6.08. The van der Waals surface area contributed by atoms with Crippen molar-refractivity contribution in [3.8, 4) is 27.8 Å². The number of ether oxygens (including phenoxy) is 3. The molecular formula is C19H17NO5S. The summed E-state index contributed by atoms with van der Waals surface area (Å²) in [6.45, 7) is 0.727. The zero-order valence-corrected chi connectivity index (χ0v) is 14.9. The third kappa shape index (κ3) is 4.31. The fourth-order valence-electron chi connectivity index (χ4n) is 2.27. The molecule has 0 fully saturated rings. The molecule has 0 saturated heterocycles. The van der Waals surface area contributed by atoms with Gasteiger partial charge in [0.2, 0.25) is 0 Å². The van der Waals surface area contributed by atoms with Gasteiger partial charge in [-0.2, -0.15) is 0 Å². The van der Waals surface area contributed by atoms with Gasteiger partial charge in [0.05, 0.1) is 7.11 Å². The van der Waals surface area contributed by atoms with Gasteiger partial charge in [-0.05, 0) is 24.3 Å². The molecule has 0 aliphatic heterocycles. The van der Waals surface area contributed by atoms with Crippen LogP contribution >= 0.6 is 11.3 Å². The third-order valence-corrected chi connectivity index (χ3v) is 4.37. The number of aromatic nitrogens is 1. The minimum atomic E-state index is -1.03. The molecule has 3 aromatic rings. The number of hydrogen-bond donors (Lipinski definition) is 1. The average molecular weight is 371 g/mol. The van der Waals surface area contributed by atoms with Crippen LogP contribution in [0.5, 0.6) is 17.2 Å². The Balaban J connectivity index is 1.58. The topological polar surface area (TPSA) is 77.9 Å². The molecule has 0 aliphatic carbocycles. The van der Waals surface area contributed by atoms with Crippen molar-refractivity contribution in [1.29, 1.82) is 0 Å². The van der Waals surface area contributed by atoms with Crippen LogP contribution in [0.2, 0.25) is 0 Å². The Hall–Kier alpha value is -3.06. The van der Waals surface area contributed by atoms with Gasteiger partial charge in [-0.3, -0.25) is 0 Å². The van der Waals surface area contributed by atoms with Crippen LogP contribution in [0, 0.1) is 0 Å². The number of carbonyl (C=O) groups is 1. The quantitative estimate of drug-likeness (QED) is 0.604. The second-order valence-electron chi connectivity index (χ2n) is 5.22. The van der Waals surface area contributed by atoms with E-state index in [1.165, 1.54) is 16.7 Å². The van der Waals surface area contributed by atoms with E-state index in [0.29, 0.717) is 35.5 Å². The molecule has 26 heavy (non-hydrogen) atoms. The van der Waals surface area contributed by atoms with Gasteiger partial charge in [0.25, 0.3) is 0 Å². The summed E-state index contributed by atoms with van der Waals surface area (Å²) in [6, 6.07) is 14.8. The maximum atomic E-state index is 10.9. The first-order chi connectivity index (χ1) is 12.7. The molecule has 1 N–H and O–H groups in total. The van der Waals surface area contributed by atoms with Crippen LogP contribution in [0.1, 0.15) is 10.5 Å². The summed E-state index contributed by atoms with van der Waals surface area (Å²) in [7, 11) is 1.60. The molecule has 134 valence electrons. The first kappa shape index (κ1) is 17.8. The van der Waals surface area contributed by atoms with Gasteiger partial charge < -0.3 is 19.3 Å². The van der Waals surface area contributed by atoms with Crippen molar-refractivity contribution in [3.63, 3.8) is 0 Å². The normalized spacial score (nSPS) is 10.3. The van der Waals surface area contributed by atoms with E-state index in [2.05, 4.69) is 4.98 Å². The molecule has 7 heteroatoms. The van der Waals surface area contributed by atoms with Gasteiger partial charge in [-0.1, -0.05) is 24.3 Å². The number of nitrogens with zero attached hydrogens (tertiary/aromatic N) is 1. The zero-order valence-electron chi connectivity index (χ0n) is 14.0. The number of methoxy groups -OCH3 is 1. The summed E-state index contributed by atoms with van der Waals surface area (Å²) >= 11 is 1.28. The lowest BCUT2D eigenvalue weighted by atomic mass is 10.2. The van der Waals surface area contributed by atoms with Crippen LogP contribution in [0.4, 0.5) is 0 Å². The van der Waals surface area contributed by atoms with E-state index in [4.69, 9.17) is 19.3 Å². The zero-order chi connectivity index (χ0) is 18.4. The molecule has 0 bridgehead atoms. The Morgan fingerprint density at radius 1 is 1.08 bits per heavy atom. The number of rotatable bonds is 8. The Labute approximate surface area is 154 Å². The van der Waals surface area contributed by atoms with Gasteiger partial charge in [0, 0.05) is 10.9 Å². The summed E-state index contributed by atoms with van der Waals surface area (Å²) in [5, 5.41) is 11.1. The molecule has 1 aromatic heterocycles. The van der Waals surface area contributed by atoms with Crippen molar-refractivity contribution in [3.05, 3.63) is 59.6 Å². The largest absolute Gasteiger partial charge is 0.493 e. The lowest BCUT2D eigenvalue weighted by molar-refractivity contribution is 0.0691. The highest BCUT2D eigenvalue weighted by Gasteiger charge is 2.10. The van der Waals surface area contributed by atoms with Crippen LogP contribution < -0.4 is 14.2 Å². The number of carboxylic acid groups (broad SMARTS) is 1. The van der Waals surface area contributed by atoms with Gasteiger partial charge in [0.1, 0.15) is 24.0 Å². The van der Waals surface area contributed by atoms with E-state index in [1.807, 2.05) is 48.5 Å². The highest BCUT2D eigenvalue weighted by atomic mass is 32.1. The van der Waals surface area contributed by atoms with Crippen molar-refractivity contribution in [1.82, 2.24) is 4.98 Å². The van der Waals surface area contributed by atoms with Gasteiger partial charge >= 0.3 is 5.97 Å². The number of hydrogen-bond acceptors (Lipinski definition) is 6. The van der Waals surface area contributed by atoms with Crippen LogP contribution in [0.25, 0.3) is 10.6 Å². The number of para-hydroxylation sites is 2. The van der Waals surface area contributed by atoms with Crippen LogP contribution in [-0.2, 0) is 0 Å². The highest BCUT2D eigenvalue weighted by Crippen LogP contribution is 2.28. The number of carboxylic acids is 1. The van der Waals surface area contributed by atoms with Crippen LogP contribution in [-0.4, -0.2) is 36.4 Å². The standard InChI is InChI=1S/C19H17NO5S/c1-23-16-7-2-3-8-17(16)25-10-9-24-14-6-4-5-13(11-14)18-20-15(12-26-18)19(21)22/h2-8,11-12H,9-10H2,1H3,(H,21,22). The highest BCUT2D eigenvalue weighted by molar-refractivity contribution is 7.13. The van der Waals surface area contributed by atoms with Crippen molar-refractivity contribution in [2.45, 2.75) is 0 Å². The molecule has 0 atom stereocenters. The van der Waals surface area contributed by atoms with Crippen LogP contribution in [0.15, 0.2) is 53.9 Å². The maximum Gasteiger partial charge on any atom is 0.355 e. The fourth-order valence-corrected chi connectivity index (χ4v) is 3.06. The first-order valence-electron chi connectivity index (χ1n) is 7.85. The van der Waals surface area contributed by atoms with E-state index in [-0.39, 0.29) is 5.69 Å². The molecule has 6 nitrogen and oxygen atoms in total. The molecule has 0 spiro atoms. The Kier molecular flexibility index (Phi) is 5.70. The van der Waals surface area contributed by atoms with E-state index >= 15 is 0 Å². The van der Waals surface area contributed by atoms with Crippen molar-refractivity contribution < 1.29 is 24.1 Å². The van der Waals surface area contributed by atoms with E-state index in [0.717, 1.165) is 5.56 Å². The Morgan fingerprint density at radius 2 is 1.85 bits per heavy atom. The van der Waals surface area contributed by atoms with Crippen LogP contribution in [0.3, 0.4) is 0 Å². The summed E-state index contributed by atoms with van der Waals surface area (Å²) in [6.07, 6.45) is 0. The molecule has 2 aromatic carbocycles. The van der Waals surface area contributed by atoms with Gasteiger partial charge in [0.15, 0.2) is 17.2 Å². The molecule has 0 radical (unpaired) electrons.